The summed E-state index contributed by atoms with van der Waals surface area (Å²) in [7, 11) is 1.91. The van der Waals surface area contributed by atoms with E-state index in [-0.39, 0.29) is 11.8 Å². The Bertz CT molecular complexity index is 731. The van der Waals surface area contributed by atoms with Crippen LogP contribution in [0.5, 0.6) is 0 Å². The quantitative estimate of drug-likeness (QED) is 0.808. The van der Waals surface area contributed by atoms with E-state index in [0.29, 0.717) is 23.0 Å². The van der Waals surface area contributed by atoms with Crippen molar-refractivity contribution < 1.29 is 9.59 Å². The molecular formula is C18H23N5O2. The van der Waals surface area contributed by atoms with Crippen molar-refractivity contribution in [1.82, 2.24) is 9.97 Å². The molecule has 7 heteroatoms. The minimum Gasteiger partial charge on any atom is -0.344 e. The zero-order chi connectivity index (χ0) is 18.2. The van der Waals surface area contributed by atoms with Gasteiger partial charge in [0.15, 0.2) is 0 Å². The Kier molecular flexibility index (Phi) is 6.45. The first kappa shape index (κ1) is 18.4. The second-order valence-electron chi connectivity index (χ2n) is 5.73. The highest BCUT2D eigenvalue weighted by atomic mass is 16.2. The lowest BCUT2D eigenvalue weighted by molar-refractivity contribution is -0.114. The van der Waals surface area contributed by atoms with Crippen LogP contribution in [0.4, 0.5) is 17.3 Å². The number of benzene rings is 1. The van der Waals surface area contributed by atoms with Crippen LogP contribution in [-0.4, -0.2) is 35.4 Å². The van der Waals surface area contributed by atoms with Crippen LogP contribution in [0.1, 0.15) is 37.2 Å². The fourth-order valence-corrected chi connectivity index (χ4v) is 2.19. The molecule has 1 aromatic heterocycles. The van der Waals surface area contributed by atoms with Crippen molar-refractivity contribution in [1.29, 1.82) is 0 Å². The van der Waals surface area contributed by atoms with Crippen LogP contribution in [0.25, 0.3) is 0 Å². The highest BCUT2D eigenvalue weighted by molar-refractivity contribution is 6.03. The van der Waals surface area contributed by atoms with E-state index >= 15 is 0 Å². The fourth-order valence-electron chi connectivity index (χ4n) is 2.19. The highest BCUT2D eigenvalue weighted by Crippen LogP contribution is 2.15. The van der Waals surface area contributed by atoms with E-state index in [1.54, 1.807) is 36.5 Å². The Hall–Kier alpha value is -2.96. The van der Waals surface area contributed by atoms with Crippen LogP contribution in [0.15, 0.2) is 36.5 Å². The summed E-state index contributed by atoms with van der Waals surface area (Å²) in [6, 6.07) is 8.47. The molecule has 0 aliphatic rings. The van der Waals surface area contributed by atoms with Crippen molar-refractivity contribution in [3.63, 3.8) is 0 Å². The van der Waals surface area contributed by atoms with Gasteiger partial charge in [-0.25, -0.2) is 9.97 Å². The average molecular weight is 341 g/mol. The van der Waals surface area contributed by atoms with E-state index in [1.165, 1.54) is 6.92 Å². The molecule has 1 heterocycles. The van der Waals surface area contributed by atoms with Gasteiger partial charge in [-0.05, 0) is 36.8 Å². The molecule has 2 amide bonds. The first-order valence-electron chi connectivity index (χ1n) is 8.22. The van der Waals surface area contributed by atoms with Gasteiger partial charge in [0, 0.05) is 38.1 Å². The van der Waals surface area contributed by atoms with Crippen molar-refractivity contribution in [2.45, 2.75) is 26.7 Å². The van der Waals surface area contributed by atoms with E-state index < -0.39 is 0 Å². The zero-order valence-corrected chi connectivity index (χ0v) is 14.7. The van der Waals surface area contributed by atoms with Crippen LogP contribution >= 0.6 is 0 Å². The van der Waals surface area contributed by atoms with Crippen molar-refractivity contribution >= 4 is 29.1 Å². The number of nitrogens with one attached hydrogen (secondary N) is 2. The maximum atomic E-state index is 12.4. The van der Waals surface area contributed by atoms with Gasteiger partial charge in [-0.2, -0.15) is 0 Å². The summed E-state index contributed by atoms with van der Waals surface area (Å²) in [5.74, 6) is 0.0828. The highest BCUT2D eigenvalue weighted by Gasteiger charge is 2.11. The molecule has 25 heavy (non-hydrogen) atoms. The summed E-state index contributed by atoms with van der Waals surface area (Å²) in [4.78, 5) is 33.9. The topological polar surface area (TPSA) is 87.2 Å². The number of anilines is 3. The second kappa shape index (κ2) is 8.77. The number of hydrogen-bond acceptors (Lipinski definition) is 5. The lowest BCUT2D eigenvalue weighted by Crippen LogP contribution is -2.22. The summed E-state index contributed by atoms with van der Waals surface area (Å²) in [5, 5.41) is 5.46. The molecule has 0 bridgehead atoms. The summed E-state index contributed by atoms with van der Waals surface area (Å²) < 4.78 is 0. The Morgan fingerprint density at radius 1 is 1.08 bits per heavy atom. The molecular weight excluding hydrogens is 318 g/mol. The number of amides is 2. The number of unbranched alkanes of at least 4 members (excludes halogenated alkanes) is 1. The Balaban J connectivity index is 2.04. The standard InChI is InChI=1S/C18H23N5O2/c1-4-5-12-23(3)18-19-11-10-16(22-18)17(25)21-15-8-6-14(7-9-15)20-13(2)24/h6-11H,4-5,12H2,1-3H3,(H,20,24)(H,21,25). The molecule has 0 saturated carbocycles. The minimum atomic E-state index is -0.306. The molecule has 0 aliphatic carbocycles. The minimum absolute atomic E-state index is 0.141. The van der Waals surface area contributed by atoms with E-state index in [2.05, 4.69) is 27.5 Å². The molecule has 0 fully saturated rings. The maximum absolute atomic E-state index is 12.4. The van der Waals surface area contributed by atoms with Gasteiger partial charge in [0.05, 0.1) is 0 Å². The first-order chi connectivity index (χ1) is 12.0. The van der Waals surface area contributed by atoms with Crippen molar-refractivity contribution in [2.24, 2.45) is 0 Å². The van der Waals surface area contributed by atoms with Gasteiger partial charge in [-0.15, -0.1) is 0 Å². The summed E-state index contributed by atoms with van der Waals surface area (Å²) in [5.41, 5.74) is 1.60. The molecule has 0 saturated heterocycles. The van der Waals surface area contributed by atoms with Crippen LogP contribution in [0.2, 0.25) is 0 Å². The molecule has 7 nitrogen and oxygen atoms in total. The number of carbonyl (C=O) groups is 2. The SMILES string of the molecule is CCCCN(C)c1nccc(C(=O)Nc2ccc(NC(C)=O)cc2)n1. The van der Waals surface area contributed by atoms with Gasteiger partial charge in [0.2, 0.25) is 11.9 Å². The number of hydrogen-bond donors (Lipinski definition) is 2. The van der Waals surface area contributed by atoms with Gasteiger partial charge >= 0.3 is 0 Å². The van der Waals surface area contributed by atoms with Gasteiger partial charge in [-0.1, -0.05) is 13.3 Å². The van der Waals surface area contributed by atoms with Crippen molar-refractivity contribution in [3.8, 4) is 0 Å². The predicted molar refractivity (Wildman–Crippen MR) is 98.9 cm³/mol. The number of nitrogens with zero attached hydrogens (tertiary/aromatic N) is 3. The molecule has 0 atom stereocenters. The lowest BCUT2D eigenvalue weighted by atomic mass is 10.2. The smallest absolute Gasteiger partial charge is 0.274 e. The molecule has 132 valence electrons. The molecule has 0 radical (unpaired) electrons. The maximum Gasteiger partial charge on any atom is 0.274 e. The number of aromatic nitrogens is 2. The van der Waals surface area contributed by atoms with Gasteiger partial charge in [0.1, 0.15) is 5.69 Å². The van der Waals surface area contributed by atoms with Crippen LogP contribution in [0.3, 0.4) is 0 Å². The Morgan fingerprint density at radius 2 is 1.72 bits per heavy atom. The summed E-state index contributed by atoms with van der Waals surface area (Å²) in [6.45, 7) is 4.40. The molecule has 0 unspecified atom stereocenters. The summed E-state index contributed by atoms with van der Waals surface area (Å²) in [6.07, 6.45) is 3.70. The predicted octanol–water partition coefficient (Wildman–Crippen LogP) is 2.92. The number of carbonyl (C=O) groups excluding carboxylic acids is 2. The second-order valence-corrected chi connectivity index (χ2v) is 5.73. The molecule has 0 spiro atoms. The van der Waals surface area contributed by atoms with Crippen LogP contribution in [0, 0.1) is 0 Å². The zero-order valence-electron chi connectivity index (χ0n) is 14.7. The summed E-state index contributed by atoms with van der Waals surface area (Å²) >= 11 is 0. The number of rotatable bonds is 7. The molecule has 2 rings (SSSR count). The average Bonchev–Trinajstić information content (AvgIpc) is 2.61. The van der Waals surface area contributed by atoms with Crippen LogP contribution < -0.4 is 15.5 Å². The third-order valence-corrected chi connectivity index (χ3v) is 3.53. The van der Waals surface area contributed by atoms with Gasteiger partial charge in [0.25, 0.3) is 5.91 Å². The third kappa shape index (κ3) is 5.56. The largest absolute Gasteiger partial charge is 0.344 e. The monoisotopic (exact) mass is 341 g/mol. The van der Waals surface area contributed by atoms with E-state index in [9.17, 15) is 9.59 Å². The van der Waals surface area contributed by atoms with Gasteiger partial charge < -0.3 is 15.5 Å². The normalized spacial score (nSPS) is 10.2. The first-order valence-corrected chi connectivity index (χ1v) is 8.22. The fraction of sp³-hybridized carbons (Fsp3) is 0.333. The Morgan fingerprint density at radius 3 is 2.32 bits per heavy atom. The molecule has 1 aromatic carbocycles. The Labute approximate surface area is 147 Å². The van der Waals surface area contributed by atoms with Crippen LogP contribution in [-0.2, 0) is 4.79 Å². The van der Waals surface area contributed by atoms with E-state index in [1.807, 2.05) is 11.9 Å². The lowest BCUT2D eigenvalue weighted by Gasteiger charge is -2.16. The third-order valence-electron chi connectivity index (χ3n) is 3.53. The van der Waals surface area contributed by atoms with Crippen molar-refractivity contribution in [2.75, 3.05) is 29.1 Å². The van der Waals surface area contributed by atoms with E-state index in [4.69, 9.17) is 0 Å². The van der Waals surface area contributed by atoms with Crippen molar-refractivity contribution in [3.05, 3.63) is 42.2 Å². The molecule has 0 aliphatic heterocycles. The van der Waals surface area contributed by atoms with Gasteiger partial charge in [-0.3, -0.25) is 9.59 Å². The molecule has 2 aromatic rings. The molecule has 2 N–H and O–H groups in total. The van der Waals surface area contributed by atoms with E-state index in [0.717, 1.165) is 19.4 Å².